The van der Waals surface area contributed by atoms with Gasteiger partial charge in [-0.25, -0.2) is 9.59 Å². The van der Waals surface area contributed by atoms with Crippen LogP contribution in [0, 0.1) is 0 Å². The molecule has 2 rings (SSSR count). The van der Waals surface area contributed by atoms with Gasteiger partial charge in [-0.2, -0.15) is 0 Å². The predicted octanol–water partition coefficient (Wildman–Crippen LogP) is -7.93. The molecule has 13 nitrogen and oxygen atoms in total. The average molecular weight is 681 g/mol. The number of para-hydroxylation sites is 2. The van der Waals surface area contributed by atoms with Crippen LogP contribution in [-0.4, -0.2) is 97.2 Å². The van der Waals surface area contributed by atoms with Crippen molar-refractivity contribution in [3.63, 3.8) is 0 Å². The van der Waals surface area contributed by atoms with Gasteiger partial charge in [-0.1, -0.05) is 24.3 Å². The van der Waals surface area contributed by atoms with Crippen LogP contribution in [0.2, 0.25) is 0 Å². The quantitative estimate of drug-likeness (QED) is 0.0625. The number of carboxylic acids is 2. The van der Waals surface area contributed by atoms with E-state index in [1.807, 2.05) is 0 Å². The Balaban J connectivity index is 0.00000968. The number of aliphatic hydroxyl groups excluding tert-OH is 4. The molecular weight excluding hydrogens is 633 g/mol. The van der Waals surface area contributed by atoms with Gasteiger partial charge in [0.25, 0.3) is 0 Å². The van der Waals surface area contributed by atoms with Crippen LogP contribution in [0.25, 0.3) is 0 Å². The van der Waals surface area contributed by atoms with E-state index in [1.165, 1.54) is 12.1 Å². The first kappa shape index (κ1) is 42.3. The molecule has 0 saturated heterocycles. The third-order valence-electron chi connectivity index (χ3n) is 8.65. The van der Waals surface area contributed by atoms with Gasteiger partial charge in [0.1, 0.15) is 36.8 Å². The summed E-state index contributed by atoms with van der Waals surface area (Å²) in [6.07, 6.45) is 1.05. The minimum Gasteiger partial charge on any atom is -1.00 e. The highest BCUT2D eigenvalue weighted by Gasteiger charge is 2.56. The largest absolute Gasteiger partial charge is 1.00 e. The molecule has 6 atom stereocenters. The maximum absolute atomic E-state index is 12.3. The topological polar surface area (TPSA) is 231 Å². The minimum atomic E-state index is -1.49. The van der Waals surface area contributed by atoms with Gasteiger partial charge in [0.2, 0.25) is 0 Å². The maximum atomic E-state index is 12.3. The van der Waals surface area contributed by atoms with Crippen LogP contribution < -0.4 is 40.3 Å². The number of hydrogen-bond acceptors (Lipinski definition) is 9. The van der Waals surface area contributed by atoms with E-state index >= 15 is 0 Å². The average Bonchev–Trinajstić information content (AvgIpc) is 2.98. The number of nitrogens with one attached hydrogen (secondary N) is 2. The number of unbranched alkanes of at least 4 members (excludes halogenated alkanes) is 1. The van der Waals surface area contributed by atoms with E-state index in [0.29, 0.717) is 30.5 Å². The van der Waals surface area contributed by atoms with Crippen molar-refractivity contribution in [2.45, 2.75) is 70.0 Å². The van der Waals surface area contributed by atoms with Gasteiger partial charge in [-0.05, 0) is 45.4 Å². The van der Waals surface area contributed by atoms with Crippen LogP contribution in [0.3, 0.4) is 0 Å². The molecular formula is C30H47Cl2N3O10. The van der Waals surface area contributed by atoms with Gasteiger partial charge < -0.3 is 81.2 Å². The van der Waals surface area contributed by atoms with Gasteiger partial charge in [0, 0.05) is 17.5 Å². The molecule has 0 aromatic heterocycles. The van der Waals surface area contributed by atoms with Crippen molar-refractivity contribution in [3.05, 3.63) is 58.7 Å². The van der Waals surface area contributed by atoms with Crippen LogP contribution in [0.5, 0.6) is 11.5 Å². The number of carbonyl (C=O) groups is 2. The van der Waals surface area contributed by atoms with Crippen molar-refractivity contribution in [2.75, 3.05) is 32.8 Å². The third kappa shape index (κ3) is 9.88. The van der Waals surface area contributed by atoms with E-state index in [2.05, 4.69) is 0 Å². The Morgan fingerprint density at radius 2 is 1.29 bits per heavy atom. The fourth-order valence-corrected chi connectivity index (χ4v) is 6.32. The summed E-state index contributed by atoms with van der Waals surface area (Å²) in [6.45, 7) is 0.239. The molecule has 0 fully saturated rings. The molecule has 2 aromatic carbocycles. The summed E-state index contributed by atoms with van der Waals surface area (Å²) in [5.74, 6) is -2.92. The molecule has 0 aliphatic rings. The van der Waals surface area contributed by atoms with E-state index in [0.717, 1.165) is 0 Å². The Bertz CT molecular complexity index is 1220. The molecule has 0 aliphatic carbocycles. The lowest BCUT2D eigenvalue weighted by Crippen LogP contribution is -3.31. The van der Waals surface area contributed by atoms with E-state index in [9.17, 15) is 50.4 Å². The van der Waals surface area contributed by atoms with Crippen LogP contribution in [0.4, 0.5) is 0 Å². The molecule has 6 unspecified atom stereocenters. The van der Waals surface area contributed by atoms with E-state index in [4.69, 9.17) is 5.73 Å². The van der Waals surface area contributed by atoms with Crippen LogP contribution >= 0.6 is 0 Å². The molecule has 0 amide bonds. The molecule has 0 radical (unpaired) electrons. The lowest BCUT2D eigenvalue weighted by Gasteiger charge is -2.48. The summed E-state index contributed by atoms with van der Waals surface area (Å²) < 4.78 is 0. The first-order valence-electron chi connectivity index (χ1n) is 14.3. The Morgan fingerprint density at radius 3 is 1.69 bits per heavy atom. The molecule has 0 aliphatic heterocycles. The second kappa shape index (κ2) is 19.7. The second-order valence-corrected chi connectivity index (χ2v) is 11.0. The smallest absolute Gasteiger partial charge is 0.359 e. The van der Waals surface area contributed by atoms with Crippen LogP contribution in [-0.2, 0) is 22.8 Å². The van der Waals surface area contributed by atoms with Crippen molar-refractivity contribution in [1.29, 1.82) is 0 Å². The molecule has 2 aromatic rings. The van der Waals surface area contributed by atoms with E-state index < -0.39 is 75.1 Å². The summed E-state index contributed by atoms with van der Waals surface area (Å²) in [7, 11) is 0. The number of phenols is 2. The van der Waals surface area contributed by atoms with Gasteiger partial charge in [0.15, 0.2) is 24.7 Å². The number of aromatic hydroxyl groups is 2. The highest BCUT2D eigenvalue weighted by Crippen LogP contribution is 2.30. The zero-order valence-corrected chi connectivity index (χ0v) is 27.0. The first-order valence-corrected chi connectivity index (χ1v) is 14.3. The fraction of sp³-hybridized carbons (Fsp3) is 0.533. The number of quaternary nitrogens is 2. The number of rotatable bonds is 19. The molecule has 15 heteroatoms. The molecule has 0 spiro atoms. The predicted molar refractivity (Wildman–Crippen MR) is 155 cm³/mol. The van der Waals surface area contributed by atoms with Crippen molar-refractivity contribution < 1.29 is 85.1 Å². The Hall–Kier alpha value is -2.72. The van der Waals surface area contributed by atoms with Crippen molar-refractivity contribution in [2.24, 2.45) is 5.73 Å². The lowest BCUT2D eigenvalue weighted by molar-refractivity contribution is -1.04. The Labute approximate surface area is 275 Å². The summed E-state index contributed by atoms with van der Waals surface area (Å²) in [6, 6.07) is 6.70. The summed E-state index contributed by atoms with van der Waals surface area (Å²) >= 11 is 0. The summed E-state index contributed by atoms with van der Waals surface area (Å²) in [5, 5.41) is 83.5. The van der Waals surface area contributed by atoms with Gasteiger partial charge in [-0.3, -0.25) is 0 Å². The lowest BCUT2D eigenvalue weighted by atomic mass is 9.79. The van der Waals surface area contributed by atoms with Gasteiger partial charge >= 0.3 is 11.9 Å². The first-order chi connectivity index (χ1) is 20.4. The zero-order chi connectivity index (χ0) is 32.3. The highest BCUT2D eigenvalue weighted by atomic mass is 35.5. The third-order valence-corrected chi connectivity index (χ3v) is 8.65. The van der Waals surface area contributed by atoms with Gasteiger partial charge in [-0.15, -0.1) is 0 Å². The number of nitrogens with two attached hydrogens (primary N) is 1. The molecule has 0 saturated carbocycles. The molecule has 45 heavy (non-hydrogen) atoms. The van der Waals surface area contributed by atoms with E-state index in [-0.39, 0.29) is 63.7 Å². The SMILES string of the molecule is CC(c1cccc(CO)c1O)[NH+](CC(=O)O)C(CO)C(CO)(CCCCN)[NH+](CC(=O)O)C(C)c1cccc(CO)c1O.[Cl-].[Cl-]. The Morgan fingerprint density at radius 1 is 0.800 bits per heavy atom. The second-order valence-electron chi connectivity index (χ2n) is 11.0. The van der Waals surface area contributed by atoms with Crippen molar-refractivity contribution in [3.8, 4) is 11.5 Å². The fourth-order valence-electron chi connectivity index (χ4n) is 6.32. The molecule has 0 bridgehead atoms. The summed E-state index contributed by atoms with van der Waals surface area (Å²) in [5.41, 5.74) is 5.32. The molecule has 12 N–H and O–H groups in total. The van der Waals surface area contributed by atoms with E-state index in [1.54, 1.807) is 38.1 Å². The minimum absolute atomic E-state index is 0. The normalized spacial score (nSPS) is 15.8. The number of benzene rings is 2. The monoisotopic (exact) mass is 679 g/mol. The van der Waals surface area contributed by atoms with Crippen LogP contribution in [0.1, 0.15) is 67.4 Å². The van der Waals surface area contributed by atoms with Crippen molar-refractivity contribution in [1.82, 2.24) is 0 Å². The number of hydrogen-bond donors (Lipinski definition) is 11. The number of aliphatic hydroxyl groups is 4. The number of halogens is 2. The van der Waals surface area contributed by atoms with Crippen LogP contribution in [0.15, 0.2) is 36.4 Å². The highest BCUT2D eigenvalue weighted by molar-refractivity contribution is 5.68. The number of aliphatic carboxylic acids is 2. The zero-order valence-electron chi connectivity index (χ0n) is 25.5. The van der Waals surface area contributed by atoms with Crippen molar-refractivity contribution >= 4 is 11.9 Å². The standard InChI is InChI=1S/C30H45N3O10.2ClH/c1-19(23-9-5-7-21(15-34)28(23)42)32(13-26(38)39)25(17-36)30(18-37,11-3-4-12-31)33(14-27(40)41)20(2)24-10-6-8-22(16-35)29(24)43;;/h5-10,19-20,25,34-37,42-43H,3-4,11-18,31H2,1-2H3,(H,38,39)(H,40,41);2*1H. The molecule has 256 valence electrons. The number of carboxylic acid groups (broad SMARTS) is 2. The maximum Gasteiger partial charge on any atom is 0.359 e. The Kier molecular flexibility index (Phi) is 18.5. The summed E-state index contributed by atoms with van der Waals surface area (Å²) in [4.78, 5) is 25.1. The molecule has 0 heterocycles. The van der Waals surface area contributed by atoms with Gasteiger partial charge in [0.05, 0.1) is 24.3 Å².